The number of likely N-dealkylation sites (N-methyl/N-ethyl adjacent to an activating group) is 1. The fourth-order valence-corrected chi connectivity index (χ4v) is 3.43. The molecule has 4 aromatic rings. The molecule has 2 aromatic heterocycles. The van der Waals surface area contributed by atoms with Gasteiger partial charge >= 0.3 is 0 Å². The van der Waals surface area contributed by atoms with E-state index in [0.29, 0.717) is 0 Å². The lowest BCUT2D eigenvalue weighted by atomic mass is 10.1. The molecule has 142 valence electrons. The second-order valence-electron chi connectivity index (χ2n) is 6.72. The third kappa shape index (κ3) is 3.35. The molecular formula is C22H22N4O2. The van der Waals surface area contributed by atoms with Crippen molar-refractivity contribution < 1.29 is 10.2 Å². The number of anilines is 1. The molecule has 0 aliphatic rings. The summed E-state index contributed by atoms with van der Waals surface area (Å²) in [5.74, 6) is 0.752. The first-order valence-electron chi connectivity index (χ1n) is 9.13. The number of nitrogens with zero attached hydrogens (tertiary/aromatic N) is 3. The summed E-state index contributed by atoms with van der Waals surface area (Å²) in [6.07, 6.45) is 1.53. The summed E-state index contributed by atoms with van der Waals surface area (Å²) in [4.78, 5) is 14.2. The molecule has 28 heavy (non-hydrogen) atoms. The van der Waals surface area contributed by atoms with Gasteiger partial charge in [0.15, 0.2) is 0 Å². The fraction of sp³-hybridized carbons (Fsp3) is 0.182. The van der Waals surface area contributed by atoms with E-state index in [2.05, 4.69) is 15.0 Å². The number of H-pyrrole nitrogens is 1. The molecule has 2 heterocycles. The van der Waals surface area contributed by atoms with Gasteiger partial charge in [0.25, 0.3) is 0 Å². The van der Waals surface area contributed by atoms with Gasteiger partial charge in [0.1, 0.15) is 17.8 Å². The standard InChI is InChI=1S/C22H22N4O2/c1-26(20(13-28)17-5-3-2-4-6-17)22-18-11-19(25-21(18)23-14-24-22)16-9-7-15(12-27)8-10-16/h2-11,14,20,27-28H,12-13H2,1H3,(H,23,24,25)/t20-/m1/s1. The van der Waals surface area contributed by atoms with Gasteiger partial charge in [0.05, 0.1) is 24.6 Å². The van der Waals surface area contributed by atoms with Crippen LogP contribution in [0, 0.1) is 0 Å². The van der Waals surface area contributed by atoms with E-state index in [1.165, 1.54) is 6.33 Å². The zero-order chi connectivity index (χ0) is 19.5. The van der Waals surface area contributed by atoms with E-state index in [9.17, 15) is 10.2 Å². The lowest BCUT2D eigenvalue weighted by molar-refractivity contribution is 0.264. The lowest BCUT2D eigenvalue weighted by Gasteiger charge is -2.28. The van der Waals surface area contributed by atoms with E-state index in [-0.39, 0.29) is 19.3 Å². The van der Waals surface area contributed by atoms with Crippen LogP contribution in [-0.4, -0.2) is 38.8 Å². The fourth-order valence-electron chi connectivity index (χ4n) is 3.43. The van der Waals surface area contributed by atoms with Gasteiger partial charge in [-0.1, -0.05) is 54.6 Å². The average molecular weight is 374 g/mol. The molecule has 0 aliphatic heterocycles. The van der Waals surface area contributed by atoms with E-state index in [1.54, 1.807) is 0 Å². The number of nitrogens with one attached hydrogen (secondary N) is 1. The first-order valence-corrected chi connectivity index (χ1v) is 9.13. The Morgan fingerprint density at radius 1 is 1.00 bits per heavy atom. The van der Waals surface area contributed by atoms with Crippen LogP contribution in [0.4, 0.5) is 5.82 Å². The van der Waals surface area contributed by atoms with Crippen molar-refractivity contribution >= 4 is 16.9 Å². The number of benzene rings is 2. The quantitative estimate of drug-likeness (QED) is 0.482. The number of hydrogen-bond acceptors (Lipinski definition) is 5. The Bertz CT molecular complexity index is 1060. The Morgan fingerprint density at radius 2 is 1.75 bits per heavy atom. The average Bonchev–Trinajstić information content (AvgIpc) is 3.19. The van der Waals surface area contributed by atoms with Crippen molar-refractivity contribution in [2.24, 2.45) is 0 Å². The van der Waals surface area contributed by atoms with E-state index >= 15 is 0 Å². The van der Waals surface area contributed by atoms with Crippen LogP contribution in [0.3, 0.4) is 0 Å². The minimum Gasteiger partial charge on any atom is -0.394 e. The highest BCUT2D eigenvalue weighted by Gasteiger charge is 2.20. The van der Waals surface area contributed by atoms with Crippen LogP contribution in [0.2, 0.25) is 0 Å². The van der Waals surface area contributed by atoms with Crippen molar-refractivity contribution in [2.75, 3.05) is 18.6 Å². The Morgan fingerprint density at radius 3 is 2.43 bits per heavy atom. The lowest BCUT2D eigenvalue weighted by Crippen LogP contribution is -2.28. The maximum absolute atomic E-state index is 10.0. The summed E-state index contributed by atoms with van der Waals surface area (Å²) in [6, 6.07) is 19.4. The van der Waals surface area contributed by atoms with Crippen LogP contribution < -0.4 is 4.90 Å². The first-order chi connectivity index (χ1) is 13.7. The van der Waals surface area contributed by atoms with Crippen molar-refractivity contribution in [3.63, 3.8) is 0 Å². The van der Waals surface area contributed by atoms with Crippen LogP contribution in [0.1, 0.15) is 17.2 Å². The zero-order valence-electron chi connectivity index (χ0n) is 15.6. The van der Waals surface area contributed by atoms with Crippen LogP contribution in [0.5, 0.6) is 0 Å². The minimum atomic E-state index is -0.207. The number of rotatable bonds is 6. The Labute approximate surface area is 163 Å². The molecule has 4 rings (SSSR count). The zero-order valence-corrected chi connectivity index (χ0v) is 15.6. The molecule has 0 bridgehead atoms. The molecule has 0 saturated carbocycles. The molecule has 2 aromatic carbocycles. The molecule has 0 spiro atoms. The van der Waals surface area contributed by atoms with Gasteiger partial charge in [-0.15, -0.1) is 0 Å². The first kappa shape index (κ1) is 18.2. The van der Waals surface area contributed by atoms with E-state index in [1.807, 2.05) is 72.6 Å². The topological polar surface area (TPSA) is 85.3 Å². The highest BCUT2D eigenvalue weighted by Crippen LogP contribution is 2.32. The molecule has 0 fully saturated rings. The Kier molecular flexibility index (Phi) is 5.06. The molecule has 6 heteroatoms. The summed E-state index contributed by atoms with van der Waals surface area (Å²) in [6.45, 7) is 0.00134. The van der Waals surface area contributed by atoms with Gasteiger partial charge in [0.2, 0.25) is 0 Å². The third-order valence-corrected chi connectivity index (χ3v) is 5.01. The monoisotopic (exact) mass is 374 g/mol. The molecule has 0 aliphatic carbocycles. The molecule has 1 atom stereocenters. The molecule has 6 nitrogen and oxygen atoms in total. The number of aromatic amines is 1. The highest BCUT2D eigenvalue weighted by atomic mass is 16.3. The molecular weight excluding hydrogens is 352 g/mol. The van der Waals surface area contributed by atoms with Gasteiger partial charge in [0, 0.05) is 12.7 Å². The second-order valence-corrected chi connectivity index (χ2v) is 6.72. The van der Waals surface area contributed by atoms with Gasteiger partial charge < -0.3 is 20.1 Å². The summed E-state index contributed by atoms with van der Waals surface area (Å²) >= 11 is 0. The van der Waals surface area contributed by atoms with Gasteiger partial charge in [-0.25, -0.2) is 9.97 Å². The van der Waals surface area contributed by atoms with E-state index < -0.39 is 0 Å². The van der Waals surface area contributed by atoms with Gasteiger partial charge in [-0.05, 0) is 22.8 Å². The maximum atomic E-state index is 10.0. The largest absolute Gasteiger partial charge is 0.394 e. The predicted molar refractivity (Wildman–Crippen MR) is 110 cm³/mol. The van der Waals surface area contributed by atoms with Crippen LogP contribution in [0.25, 0.3) is 22.3 Å². The molecule has 3 N–H and O–H groups in total. The number of hydrogen-bond donors (Lipinski definition) is 3. The van der Waals surface area contributed by atoms with Crippen molar-refractivity contribution in [3.05, 3.63) is 78.1 Å². The normalized spacial score (nSPS) is 12.2. The third-order valence-electron chi connectivity index (χ3n) is 5.01. The number of aromatic nitrogens is 3. The number of aliphatic hydroxyl groups excluding tert-OH is 2. The molecule has 0 unspecified atom stereocenters. The Balaban J connectivity index is 1.74. The van der Waals surface area contributed by atoms with Crippen molar-refractivity contribution in [1.29, 1.82) is 0 Å². The van der Waals surface area contributed by atoms with Crippen LogP contribution >= 0.6 is 0 Å². The Hall–Kier alpha value is -3.22. The number of fused-ring (bicyclic) bond motifs is 1. The van der Waals surface area contributed by atoms with Gasteiger partial charge in [-0.2, -0.15) is 0 Å². The summed E-state index contributed by atoms with van der Waals surface area (Å²) in [5, 5.41) is 20.1. The summed E-state index contributed by atoms with van der Waals surface area (Å²) in [5.41, 5.74) is 4.56. The SMILES string of the molecule is CN(c1ncnc2[nH]c(-c3ccc(CO)cc3)cc12)[C@H](CO)c1ccccc1. The van der Waals surface area contributed by atoms with E-state index in [0.717, 1.165) is 39.2 Å². The second kappa shape index (κ2) is 7.80. The van der Waals surface area contributed by atoms with Crippen molar-refractivity contribution in [2.45, 2.75) is 12.6 Å². The van der Waals surface area contributed by atoms with Crippen LogP contribution in [0.15, 0.2) is 67.0 Å². The minimum absolute atomic E-state index is 0.0219. The highest BCUT2D eigenvalue weighted by molar-refractivity contribution is 5.92. The van der Waals surface area contributed by atoms with Crippen molar-refractivity contribution in [1.82, 2.24) is 15.0 Å². The van der Waals surface area contributed by atoms with Crippen molar-refractivity contribution in [3.8, 4) is 11.3 Å². The molecule has 0 saturated heterocycles. The molecule has 0 radical (unpaired) electrons. The van der Waals surface area contributed by atoms with E-state index in [4.69, 9.17) is 0 Å². The van der Waals surface area contributed by atoms with Gasteiger partial charge in [-0.3, -0.25) is 0 Å². The molecule has 0 amide bonds. The smallest absolute Gasteiger partial charge is 0.143 e. The summed E-state index contributed by atoms with van der Waals surface area (Å²) in [7, 11) is 1.93. The number of aliphatic hydroxyl groups is 2. The summed E-state index contributed by atoms with van der Waals surface area (Å²) < 4.78 is 0. The predicted octanol–water partition coefficient (Wildman–Crippen LogP) is 3.29. The van der Waals surface area contributed by atoms with Crippen LogP contribution in [-0.2, 0) is 6.61 Å². The maximum Gasteiger partial charge on any atom is 0.143 e.